The van der Waals surface area contributed by atoms with Gasteiger partial charge in [-0.25, -0.2) is 0 Å². The van der Waals surface area contributed by atoms with Crippen LogP contribution in [0.3, 0.4) is 0 Å². The first-order valence-corrected chi connectivity index (χ1v) is 6.41. The highest BCUT2D eigenvalue weighted by molar-refractivity contribution is 6.30. The Hall–Kier alpha value is -0.770. The summed E-state index contributed by atoms with van der Waals surface area (Å²) >= 11 is 6.06. The van der Waals surface area contributed by atoms with Gasteiger partial charge in [-0.15, -0.1) is 0 Å². The lowest BCUT2D eigenvalue weighted by molar-refractivity contribution is 0.122. The van der Waals surface area contributed by atoms with E-state index in [4.69, 9.17) is 22.1 Å². The van der Waals surface area contributed by atoms with Crippen molar-refractivity contribution < 1.29 is 4.74 Å². The number of morpholine rings is 1. The number of anilines is 1. The van der Waals surface area contributed by atoms with Gasteiger partial charge in [0.25, 0.3) is 0 Å². The fourth-order valence-electron chi connectivity index (χ4n) is 2.18. The van der Waals surface area contributed by atoms with Crippen LogP contribution in [-0.2, 0) is 11.2 Å². The summed E-state index contributed by atoms with van der Waals surface area (Å²) in [5, 5.41) is 0.776. The highest BCUT2D eigenvalue weighted by atomic mass is 35.5. The second-order valence-corrected chi connectivity index (χ2v) is 4.99. The maximum atomic E-state index is 6.06. The van der Waals surface area contributed by atoms with Crippen LogP contribution < -0.4 is 10.6 Å². The molecular formula is C13H19ClN2O. The zero-order valence-corrected chi connectivity index (χ0v) is 10.9. The molecule has 94 valence electrons. The van der Waals surface area contributed by atoms with Gasteiger partial charge in [0.1, 0.15) is 0 Å². The Kier molecular flexibility index (Phi) is 4.26. The first-order chi connectivity index (χ1) is 8.16. The molecule has 0 bridgehead atoms. The SMILES string of the molecule is CC(N)Cc1cc(Cl)ccc1N1CCOCC1. The summed E-state index contributed by atoms with van der Waals surface area (Å²) in [6, 6.07) is 6.20. The molecule has 17 heavy (non-hydrogen) atoms. The highest BCUT2D eigenvalue weighted by Gasteiger charge is 2.15. The largest absolute Gasteiger partial charge is 0.378 e. The maximum absolute atomic E-state index is 6.06. The average molecular weight is 255 g/mol. The van der Waals surface area contributed by atoms with E-state index in [1.54, 1.807) is 0 Å². The molecule has 0 aromatic heterocycles. The number of rotatable bonds is 3. The normalized spacial score (nSPS) is 18.2. The van der Waals surface area contributed by atoms with Gasteiger partial charge in [0.05, 0.1) is 13.2 Å². The first-order valence-electron chi connectivity index (χ1n) is 6.03. The molecule has 0 spiro atoms. The molecule has 1 aromatic carbocycles. The highest BCUT2D eigenvalue weighted by Crippen LogP contribution is 2.26. The van der Waals surface area contributed by atoms with Gasteiger partial charge in [0, 0.05) is 29.8 Å². The molecule has 1 unspecified atom stereocenters. The molecule has 1 aliphatic rings. The molecule has 1 heterocycles. The molecule has 1 saturated heterocycles. The van der Waals surface area contributed by atoms with Crippen molar-refractivity contribution in [3.63, 3.8) is 0 Å². The van der Waals surface area contributed by atoms with Crippen molar-refractivity contribution in [3.05, 3.63) is 28.8 Å². The van der Waals surface area contributed by atoms with Crippen molar-refractivity contribution >= 4 is 17.3 Å². The minimum atomic E-state index is 0.147. The molecule has 0 amide bonds. The van der Waals surface area contributed by atoms with E-state index >= 15 is 0 Å². The molecule has 1 atom stereocenters. The van der Waals surface area contributed by atoms with Gasteiger partial charge < -0.3 is 15.4 Å². The summed E-state index contributed by atoms with van der Waals surface area (Å²) in [7, 11) is 0. The minimum absolute atomic E-state index is 0.147. The van der Waals surface area contributed by atoms with Gasteiger partial charge in [-0.2, -0.15) is 0 Å². The van der Waals surface area contributed by atoms with Crippen LogP contribution in [0, 0.1) is 0 Å². The second-order valence-electron chi connectivity index (χ2n) is 4.55. The molecule has 0 radical (unpaired) electrons. The lowest BCUT2D eigenvalue weighted by Crippen LogP contribution is -2.37. The van der Waals surface area contributed by atoms with Gasteiger partial charge in [-0.05, 0) is 37.1 Å². The molecule has 0 saturated carbocycles. The molecule has 1 aromatic rings. The summed E-state index contributed by atoms with van der Waals surface area (Å²) in [4.78, 5) is 2.34. The van der Waals surface area contributed by atoms with Gasteiger partial charge in [-0.1, -0.05) is 11.6 Å². The Morgan fingerprint density at radius 1 is 1.41 bits per heavy atom. The quantitative estimate of drug-likeness (QED) is 0.898. The van der Waals surface area contributed by atoms with Gasteiger partial charge in [0.2, 0.25) is 0 Å². The van der Waals surface area contributed by atoms with Crippen LogP contribution in [0.5, 0.6) is 0 Å². The lowest BCUT2D eigenvalue weighted by atomic mass is 10.0. The van der Waals surface area contributed by atoms with E-state index in [0.29, 0.717) is 0 Å². The number of nitrogens with zero attached hydrogens (tertiary/aromatic N) is 1. The summed E-state index contributed by atoms with van der Waals surface area (Å²) in [6.07, 6.45) is 0.854. The zero-order valence-electron chi connectivity index (χ0n) is 10.2. The van der Waals surface area contributed by atoms with Crippen molar-refractivity contribution in [2.45, 2.75) is 19.4 Å². The Morgan fingerprint density at radius 3 is 2.76 bits per heavy atom. The predicted octanol–water partition coefficient (Wildman–Crippen LogP) is 2.07. The van der Waals surface area contributed by atoms with Crippen LogP contribution in [0.4, 0.5) is 5.69 Å². The van der Waals surface area contributed by atoms with Gasteiger partial charge in [0.15, 0.2) is 0 Å². The third-order valence-electron chi connectivity index (χ3n) is 2.94. The van der Waals surface area contributed by atoms with Crippen molar-refractivity contribution in [2.75, 3.05) is 31.2 Å². The van der Waals surface area contributed by atoms with Crippen molar-refractivity contribution in [1.82, 2.24) is 0 Å². The Bertz CT molecular complexity index is 376. The monoisotopic (exact) mass is 254 g/mol. The Labute approximate surface area is 107 Å². The average Bonchev–Trinajstić information content (AvgIpc) is 2.29. The van der Waals surface area contributed by atoms with E-state index in [2.05, 4.69) is 11.0 Å². The summed E-state index contributed by atoms with van der Waals surface area (Å²) < 4.78 is 5.37. The lowest BCUT2D eigenvalue weighted by Gasteiger charge is -2.31. The minimum Gasteiger partial charge on any atom is -0.378 e. The third-order valence-corrected chi connectivity index (χ3v) is 3.17. The third kappa shape index (κ3) is 3.35. The first kappa shape index (κ1) is 12.7. The topological polar surface area (TPSA) is 38.5 Å². The van der Waals surface area contributed by atoms with E-state index < -0.39 is 0 Å². The second kappa shape index (κ2) is 5.71. The van der Waals surface area contributed by atoms with Crippen LogP contribution in [-0.4, -0.2) is 32.3 Å². The van der Waals surface area contributed by atoms with E-state index in [9.17, 15) is 0 Å². The summed E-state index contributed by atoms with van der Waals surface area (Å²) in [6.45, 7) is 5.48. The fraction of sp³-hybridized carbons (Fsp3) is 0.538. The van der Waals surface area contributed by atoms with E-state index in [1.165, 1.54) is 11.3 Å². The molecule has 1 aliphatic heterocycles. The number of benzene rings is 1. The van der Waals surface area contributed by atoms with Crippen LogP contribution >= 0.6 is 11.6 Å². The number of halogens is 1. The molecule has 2 rings (SSSR count). The number of ether oxygens (including phenoxy) is 1. The summed E-state index contributed by atoms with van der Waals surface area (Å²) in [5.74, 6) is 0. The number of hydrogen-bond acceptors (Lipinski definition) is 3. The van der Waals surface area contributed by atoms with E-state index in [-0.39, 0.29) is 6.04 Å². The van der Waals surface area contributed by atoms with Crippen molar-refractivity contribution in [2.24, 2.45) is 5.73 Å². The van der Waals surface area contributed by atoms with E-state index in [0.717, 1.165) is 37.7 Å². The van der Waals surface area contributed by atoms with Crippen LogP contribution in [0.1, 0.15) is 12.5 Å². The molecule has 2 N–H and O–H groups in total. The number of hydrogen-bond donors (Lipinski definition) is 1. The smallest absolute Gasteiger partial charge is 0.0642 e. The Morgan fingerprint density at radius 2 is 2.12 bits per heavy atom. The molecular weight excluding hydrogens is 236 g/mol. The van der Waals surface area contributed by atoms with Gasteiger partial charge in [-0.3, -0.25) is 0 Å². The maximum Gasteiger partial charge on any atom is 0.0642 e. The standard InChI is InChI=1S/C13H19ClN2O/c1-10(15)8-11-9-12(14)2-3-13(11)16-4-6-17-7-5-16/h2-3,9-10H,4-8,15H2,1H3. The summed E-state index contributed by atoms with van der Waals surface area (Å²) in [5.41, 5.74) is 8.36. The molecule has 3 nitrogen and oxygen atoms in total. The zero-order chi connectivity index (χ0) is 12.3. The molecule has 0 aliphatic carbocycles. The predicted molar refractivity (Wildman–Crippen MR) is 71.8 cm³/mol. The number of nitrogens with two attached hydrogens (primary N) is 1. The van der Waals surface area contributed by atoms with E-state index in [1.807, 2.05) is 19.1 Å². The van der Waals surface area contributed by atoms with Crippen LogP contribution in [0.25, 0.3) is 0 Å². The van der Waals surface area contributed by atoms with Crippen LogP contribution in [0.15, 0.2) is 18.2 Å². The Balaban J connectivity index is 2.24. The fourth-order valence-corrected chi connectivity index (χ4v) is 2.37. The molecule has 4 heteroatoms. The van der Waals surface area contributed by atoms with Crippen LogP contribution in [0.2, 0.25) is 5.02 Å². The van der Waals surface area contributed by atoms with Gasteiger partial charge >= 0.3 is 0 Å². The molecule has 1 fully saturated rings. The van der Waals surface area contributed by atoms with Crippen molar-refractivity contribution in [3.8, 4) is 0 Å². The van der Waals surface area contributed by atoms with Crippen molar-refractivity contribution in [1.29, 1.82) is 0 Å².